The maximum atomic E-state index is 13.2. The van der Waals surface area contributed by atoms with Crippen molar-refractivity contribution in [3.8, 4) is 5.75 Å². The van der Waals surface area contributed by atoms with E-state index in [1.54, 1.807) is 39.0 Å². The number of esters is 1. The second-order valence-corrected chi connectivity index (χ2v) is 13.4. The molecule has 1 atom stereocenters. The Kier molecular flexibility index (Phi) is 11.6. The van der Waals surface area contributed by atoms with Gasteiger partial charge in [-0.05, 0) is 87.3 Å². The van der Waals surface area contributed by atoms with Gasteiger partial charge in [-0.15, -0.1) is 11.8 Å². The largest absolute Gasteiger partial charge is 0.493 e. The average Bonchev–Trinajstić information content (AvgIpc) is 2.91. The number of carbonyl (C=O) groups is 4. The van der Waals surface area contributed by atoms with Gasteiger partial charge >= 0.3 is 5.97 Å². The molecule has 2 aromatic rings. The van der Waals surface area contributed by atoms with Crippen molar-refractivity contribution in [2.24, 2.45) is 11.5 Å². The highest BCUT2D eigenvalue weighted by molar-refractivity contribution is 8.00. The van der Waals surface area contributed by atoms with Crippen molar-refractivity contribution < 1.29 is 28.7 Å². The molecule has 0 saturated heterocycles. The van der Waals surface area contributed by atoms with Crippen LogP contribution in [0.4, 0.5) is 5.69 Å². The van der Waals surface area contributed by atoms with Gasteiger partial charge in [0.25, 0.3) is 5.91 Å². The molecule has 3 amide bonds. The van der Waals surface area contributed by atoms with Crippen molar-refractivity contribution in [2.75, 3.05) is 30.0 Å². The molecule has 1 unspecified atom stereocenters. The average molecular weight is 613 g/mol. The molecule has 0 bridgehead atoms. The number of anilines is 1. The third-order valence-corrected chi connectivity index (χ3v) is 8.07. The molecule has 3 rings (SSSR count). The maximum Gasteiger partial charge on any atom is 0.342 e. The Hall–Kier alpha value is -3.57. The van der Waals surface area contributed by atoms with Crippen molar-refractivity contribution in [1.82, 2.24) is 5.32 Å². The van der Waals surface area contributed by atoms with E-state index in [4.69, 9.17) is 20.9 Å². The Balaban J connectivity index is 1.64. The van der Waals surface area contributed by atoms with Crippen LogP contribution in [0.3, 0.4) is 0 Å². The fourth-order valence-corrected chi connectivity index (χ4v) is 5.56. The summed E-state index contributed by atoms with van der Waals surface area (Å²) in [7, 11) is 0. The zero-order valence-electron chi connectivity index (χ0n) is 25.7. The summed E-state index contributed by atoms with van der Waals surface area (Å²) in [5.41, 5.74) is 13.8. The number of rotatable bonds is 13. The quantitative estimate of drug-likeness (QED) is 0.195. The number of hydrogen-bond donors (Lipinski definition) is 4. The number of hydrogen-bond acceptors (Lipinski definition) is 8. The fraction of sp³-hybridized carbons (Fsp3) is 0.500. The van der Waals surface area contributed by atoms with E-state index in [1.807, 2.05) is 18.2 Å². The predicted molar refractivity (Wildman–Crippen MR) is 170 cm³/mol. The number of ether oxygens (including phenoxy) is 2. The van der Waals surface area contributed by atoms with Gasteiger partial charge in [0.15, 0.2) is 0 Å². The summed E-state index contributed by atoms with van der Waals surface area (Å²) < 4.78 is 11.5. The van der Waals surface area contributed by atoms with E-state index in [1.165, 1.54) is 22.9 Å². The Morgan fingerprint density at radius 1 is 1.09 bits per heavy atom. The Bertz CT molecular complexity index is 1340. The minimum atomic E-state index is -0.795. The Labute approximate surface area is 258 Å². The van der Waals surface area contributed by atoms with E-state index in [0.29, 0.717) is 24.2 Å². The molecule has 10 nitrogen and oxygen atoms in total. The SMILES string of the molecule is CC(C)(C)OC(=O)c1ccc(NC(=O)c2ccc3c(c2)C(C)(C)CCC3)cc1OCCCNC(=O)CSCC(N)C(N)=O. The third kappa shape index (κ3) is 10.3. The first-order chi connectivity index (χ1) is 20.2. The Morgan fingerprint density at radius 2 is 1.84 bits per heavy atom. The molecule has 234 valence electrons. The number of fused-ring (bicyclic) bond motifs is 1. The summed E-state index contributed by atoms with van der Waals surface area (Å²) in [5.74, 6) is -0.936. The van der Waals surface area contributed by atoms with E-state index in [2.05, 4.69) is 24.5 Å². The van der Waals surface area contributed by atoms with Crippen molar-refractivity contribution >= 4 is 41.1 Å². The van der Waals surface area contributed by atoms with Gasteiger partial charge in [0.2, 0.25) is 11.8 Å². The third-order valence-electron chi connectivity index (χ3n) is 7.00. The van der Waals surface area contributed by atoms with Gasteiger partial charge in [-0.25, -0.2) is 4.79 Å². The van der Waals surface area contributed by atoms with Gasteiger partial charge in [0.1, 0.15) is 16.9 Å². The number of thioether (sulfide) groups is 1. The number of amides is 3. The summed E-state index contributed by atoms with van der Waals surface area (Å²) in [6.07, 6.45) is 3.69. The number of nitrogens with one attached hydrogen (secondary N) is 2. The normalized spacial score (nSPS) is 14.7. The van der Waals surface area contributed by atoms with Crippen molar-refractivity contribution in [3.05, 3.63) is 58.7 Å². The molecule has 11 heteroatoms. The zero-order chi connectivity index (χ0) is 31.8. The lowest BCUT2D eigenvalue weighted by Gasteiger charge is -2.32. The summed E-state index contributed by atoms with van der Waals surface area (Å²) >= 11 is 1.22. The first kappa shape index (κ1) is 33.9. The highest BCUT2D eigenvalue weighted by atomic mass is 32.2. The first-order valence-corrected chi connectivity index (χ1v) is 15.7. The summed E-state index contributed by atoms with van der Waals surface area (Å²) in [4.78, 5) is 49.2. The fourth-order valence-electron chi connectivity index (χ4n) is 4.74. The molecular formula is C32H44N4O6S. The van der Waals surface area contributed by atoms with Gasteiger partial charge in [-0.1, -0.05) is 19.9 Å². The predicted octanol–water partition coefficient (Wildman–Crippen LogP) is 3.94. The number of benzene rings is 2. The molecule has 1 aliphatic carbocycles. The topological polar surface area (TPSA) is 163 Å². The molecule has 0 spiro atoms. The van der Waals surface area contributed by atoms with Gasteiger partial charge < -0.3 is 31.6 Å². The van der Waals surface area contributed by atoms with E-state index < -0.39 is 23.5 Å². The van der Waals surface area contributed by atoms with Gasteiger partial charge in [0, 0.05) is 29.6 Å². The standard InChI is InChI=1S/C32H44N4O6S/c1-31(2,3)42-30(40)23-12-11-22(36-29(39)21-10-9-20-8-6-13-32(4,5)24(20)16-21)17-26(23)41-15-7-14-35-27(37)19-43-18-25(33)28(34)38/h9-12,16-17,25H,6-8,13-15,18-19,33H2,1-5H3,(H2,34,38)(H,35,37)(H,36,39). The van der Waals surface area contributed by atoms with E-state index in [0.717, 1.165) is 19.3 Å². The van der Waals surface area contributed by atoms with Crippen LogP contribution in [0.1, 0.15) is 85.7 Å². The summed E-state index contributed by atoms with van der Waals surface area (Å²) in [5, 5.41) is 5.71. The van der Waals surface area contributed by atoms with Gasteiger partial charge in [-0.3, -0.25) is 14.4 Å². The molecular weight excluding hydrogens is 568 g/mol. The zero-order valence-corrected chi connectivity index (χ0v) is 26.5. The lowest BCUT2D eigenvalue weighted by Crippen LogP contribution is -2.39. The van der Waals surface area contributed by atoms with Crippen LogP contribution in [0, 0.1) is 0 Å². The van der Waals surface area contributed by atoms with Crippen molar-refractivity contribution in [1.29, 1.82) is 0 Å². The molecule has 43 heavy (non-hydrogen) atoms. The molecule has 0 aliphatic heterocycles. The minimum Gasteiger partial charge on any atom is -0.493 e. The van der Waals surface area contributed by atoms with Crippen LogP contribution in [0.15, 0.2) is 36.4 Å². The second kappa shape index (κ2) is 14.7. The van der Waals surface area contributed by atoms with Crippen molar-refractivity contribution in [3.63, 3.8) is 0 Å². The van der Waals surface area contributed by atoms with Crippen molar-refractivity contribution in [2.45, 2.75) is 77.4 Å². The summed E-state index contributed by atoms with van der Waals surface area (Å²) in [6.45, 7) is 10.3. The smallest absolute Gasteiger partial charge is 0.342 e. The van der Waals surface area contributed by atoms with Gasteiger partial charge in [0.05, 0.1) is 18.4 Å². The van der Waals surface area contributed by atoms with Crippen LogP contribution in [0.25, 0.3) is 0 Å². The molecule has 0 fully saturated rings. The number of primary amides is 1. The second-order valence-electron chi connectivity index (χ2n) is 12.4. The van der Waals surface area contributed by atoms with E-state index in [9.17, 15) is 19.2 Å². The molecule has 0 heterocycles. The number of aryl methyl sites for hydroxylation is 1. The minimum absolute atomic E-state index is 0.0106. The van der Waals surface area contributed by atoms with E-state index in [-0.39, 0.29) is 46.7 Å². The highest BCUT2D eigenvalue weighted by Gasteiger charge is 2.28. The molecule has 2 aromatic carbocycles. The molecule has 1 aliphatic rings. The molecule has 6 N–H and O–H groups in total. The maximum absolute atomic E-state index is 13.2. The Morgan fingerprint density at radius 3 is 2.53 bits per heavy atom. The number of carbonyl (C=O) groups excluding carboxylic acids is 4. The van der Waals surface area contributed by atoms with Crippen LogP contribution in [0.2, 0.25) is 0 Å². The lowest BCUT2D eigenvalue weighted by atomic mass is 9.72. The van der Waals surface area contributed by atoms with Crippen LogP contribution >= 0.6 is 11.8 Å². The molecule has 0 aromatic heterocycles. The molecule has 0 saturated carbocycles. The van der Waals surface area contributed by atoms with E-state index >= 15 is 0 Å². The lowest BCUT2D eigenvalue weighted by molar-refractivity contribution is -0.119. The monoisotopic (exact) mass is 612 g/mol. The van der Waals surface area contributed by atoms with Gasteiger partial charge in [-0.2, -0.15) is 0 Å². The number of nitrogens with two attached hydrogens (primary N) is 2. The van der Waals surface area contributed by atoms with Crippen LogP contribution in [0.5, 0.6) is 5.75 Å². The first-order valence-electron chi connectivity index (χ1n) is 14.5. The van der Waals surface area contributed by atoms with Crippen LogP contribution in [-0.4, -0.2) is 60.0 Å². The van der Waals surface area contributed by atoms with Crippen LogP contribution in [-0.2, 0) is 26.2 Å². The molecule has 0 radical (unpaired) electrons. The highest BCUT2D eigenvalue weighted by Crippen LogP contribution is 2.37. The van der Waals surface area contributed by atoms with Crippen LogP contribution < -0.4 is 26.8 Å². The summed E-state index contributed by atoms with van der Waals surface area (Å²) in [6, 6.07) is 9.90.